The molecule has 0 aliphatic heterocycles. The maximum atomic E-state index is 13.2. The number of rotatable bonds is 3. The molecule has 1 aliphatic rings. The summed E-state index contributed by atoms with van der Waals surface area (Å²) in [4.78, 5) is 15.1. The molecule has 0 saturated heterocycles. The minimum Gasteiger partial charge on any atom is -0.481 e. The SMILES string of the molecule is CCC1CCC(C(=O)O)C(c2cncc(F)c2)C1. The number of halogens is 1. The number of hydrogen-bond donors (Lipinski definition) is 1. The van der Waals surface area contributed by atoms with E-state index in [0.717, 1.165) is 31.0 Å². The van der Waals surface area contributed by atoms with Gasteiger partial charge in [0.05, 0.1) is 12.1 Å². The van der Waals surface area contributed by atoms with Gasteiger partial charge in [-0.25, -0.2) is 4.39 Å². The topological polar surface area (TPSA) is 50.2 Å². The van der Waals surface area contributed by atoms with Crippen LogP contribution >= 0.6 is 0 Å². The molecule has 1 fully saturated rings. The molecule has 18 heavy (non-hydrogen) atoms. The lowest BCUT2D eigenvalue weighted by molar-refractivity contribution is -0.143. The summed E-state index contributed by atoms with van der Waals surface area (Å²) in [6.07, 6.45) is 6.24. The summed E-state index contributed by atoms with van der Waals surface area (Å²) in [7, 11) is 0. The van der Waals surface area contributed by atoms with Crippen LogP contribution < -0.4 is 0 Å². The Balaban J connectivity index is 2.27. The third-order valence-electron chi connectivity index (χ3n) is 4.01. The third-order valence-corrected chi connectivity index (χ3v) is 4.01. The number of hydrogen-bond acceptors (Lipinski definition) is 2. The van der Waals surface area contributed by atoms with E-state index >= 15 is 0 Å². The second kappa shape index (κ2) is 5.46. The summed E-state index contributed by atoms with van der Waals surface area (Å²) in [5.41, 5.74) is 0.723. The first-order chi connectivity index (χ1) is 8.61. The highest BCUT2D eigenvalue weighted by Gasteiger charge is 2.35. The van der Waals surface area contributed by atoms with Crippen LogP contribution in [0.4, 0.5) is 4.39 Å². The van der Waals surface area contributed by atoms with Crippen LogP contribution in [0, 0.1) is 17.7 Å². The number of pyridine rings is 1. The molecule has 1 aromatic rings. The fourth-order valence-corrected chi connectivity index (χ4v) is 2.92. The van der Waals surface area contributed by atoms with Gasteiger partial charge < -0.3 is 5.11 Å². The fraction of sp³-hybridized carbons (Fsp3) is 0.571. The van der Waals surface area contributed by atoms with Gasteiger partial charge in [0.2, 0.25) is 0 Å². The Morgan fingerprint density at radius 3 is 2.89 bits per heavy atom. The molecule has 3 atom stereocenters. The first kappa shape index (κ1) is 13.0. The Morgan fingerprint density at radius 2 is 2.28 bits per heavy atom. The molecule has 2 rings (SSSR count). The molecule has 1 aromatic heterocycles. The highest BCUT2D eigenvalue weighted by atomic mass is 19.1. The van der Waals surface area contributed by atoms with E-state index in [2.05, 4.69) is 11.9 Å². The van der Waals surface area contributed by atoms with Gasteiger partial charge in [0.1, 0.15) is 5.82 Å². The van der Waals surface area contributed by atoms with Gasteiger partial charge in [-0.15, -0.1) is 0 Å². The van der Waals surface area contributed by atoms with Crippen LogP contribution in [0.3, 0.4) is 0 Å². The molecule has 1 heterocycles. The number of carbonyl (C=O) groups is 1. The zero-order valence-electron chi connectivity index (χ0n) is 10.5. The second-order valence-electron chi connectivity index (χ2n) is 5.08. The minimum atomic E-state index is -0.779. The van der Waals surface area contributed by atoms with Crippen LogP contribution in [-0.2, 0) is 4.79 Å². The van der Waals surface area contributed by atoms with Crippen LogP contribution in [0.5, 0.6) is 0 Å². The van der Waals surface area contributed by atoms with E-state index in [1.807, 2.05) is 0 Å². The Kier molecular flexibility index (Phi) is 3.94. The zero-order chi connectivity index (χ0) is 13.1. The van der Waals surface area contributed by atoms with E-state index in [0.29, 0.717) is 12.3 Å². The van der Waals surface area contributed by atoms with Crippen molar-refractivity contribution in [3.05, 3.63) is 29.8 Å². The maximum absolute atomic E-state index is 13.2. The number of carboxylic acids is 1. The molecule has 3 nitrogen and oxygen atoms in total. The molecule has 1 saturated carbocycles. The van der Waals surface area contributed by atoms with Crippen molar-refractivity contribution in [1.29, 1.82) is 0 Å². The van der Waals surface area contributed by atoms with E-state index in [1.54, 1.807) is 6.20 Å². The quantitative estimate of drug-likeness (QED) is 0.897. The van der Waals surface area contributed by atoms with Crippen molar-refractivity contribution in [2.75, 3.05) is 0 Å². The van der Waals surface area contributed by atoms with Gasteiger partial charge in [-0.05, 0) is 42.7 Å². The average Bonchev–Trinajstić information content (AvgIpc) is 2.38. The lowest BCUT2D eigenvalue weighted by Crippen LogP contribution is -2.29. The van der Waals surface area contributed by atoms with E-state index in [1.165, 1.54) is 6.07 Å². The smallest absolute Gasteiger partial charge is 0.307 e. The molecule has 1 aliphatic carbocycles. The molecular formula is C14H18FNO2. The van der Waals surface area contributed by atoms with E-state index in [9.17, 15) is 14.3 Å². The molecule has 0 radical (unpaired) electrons. The number of nitrogens with zero attached hydrogens (tertiary/aromatic N) is 1. The number of aromatic nitrogens is 1. The average molecular weight is 251 g/mol. The first-order valence-electron chi connectivity index (χ1n) is 6.45. The predicted octanol–water partition coefficient (Wildman–Crippen LogP) is 3.22. The second-order valence-corrected chi connectivity index (χ2v) is 5.08. The predicted molar refractivity (Wildman–Crippen MR) is 65.7 cm³/mol. The molecule has 0 amide bonds. The number of aliphatic carboxylic acids is 1. The minimum absolute atomic E-state index is 0.107. The van der Waals surface area contributed by atoms with Crippen LogP contribution in [0.2, 0.25) is 0 Å². The summed E-state index contributed by atoms with van der Waals surface area (Å²) in [6.45, 7) is 2.12. The van der Waals surface area contributed by atoms with Gasteiger partial charge in [0, 0.05) is 6.20 Å². The lowest BCUT2D eigenvalue weighted by Gasteiger charge is -2.33. The summed E-state index contributed by atoms with van der Waals surface area (Å²) in [6, 6.07) is 1.42. The van der Waals surface area contributed by atoms with Gasteiger partial charge >= 0.3 is 5.97 Å². The van der Waals surface area contributed by atoms with E-state index in [-0.39, 0.29) is 5.92 Å². The lowest BCUT2D eigenvalue weighted by atomic mass is 9.71. The Morgan fingerprint density at radius 1 is 1.50 bits per heavy atom. The molecular weight excluding hydrogens is 233 g/mol. The molecule has 0 bridgehead atoms. The van der Waals surface area contributed by atoms with Crippen molar-refractivity contribution in [2.45, 2.75) is 38.5 Å². The largest absolute Gasteiger partial charge is 0.481 e. The highest BCUT2D eigenvalue weighted by molar-refractivity contribution is 5.71. The van der Waals surface area contributed by atoms with Crippen molar-refractivity contribution >= 4 is 5.97 Å². The maximum Gasteiger partial charge on any atom is 0.307 e. The van der Waals surface area contributed by atoms with Crippen molar-refractivity contribution in [2.24, 2.45) is 11.8 Å². The Bertz CT molecular complexity index is 436. The molecule has 0 aromatic carbocycles. The third kappa shape index (κ3) is 2.68. The normalized spacial score (nSPS) is 28.0. The van der Waals surface area contributed by atoms with Gasteiger partial charge in [-0.2, -0.15) is 0 Å². The molecule has 4 heteroatoms. The number of carboxylic acid groups (broad SMARTS) is 1. The zero-order valence-corrected chi connectivity index (χ0v) is 10.5. The van der Waals surface area contributed by atoms with Gasteiger partial charge in [-0.3, -0.25) is 9.78 Å². The first-order valence-corrected chi connectivity index (χ1v) is 6.45. The van der Waals surface area contributed by atoms with Crippen molar-refractivity contribution < 1.29 is 14.3 Å². The summed E-state index contributed by atoms with van der Waals surface area (Å²) in [5, 5.41) is 9.28. The van der Waals surface area contributed by atoms with E-state index in [4.69, 9.17) is 0 Å². The summed E-state index contributed by atoms with van der Waals surface area (Å²) < 4.78 is 13.2. The van der Waals surface area contributed by atoms with Crippen LogP contribution in [0.25, 0.3) is 0 Å². The summed E-state index contributed by atoms with van der Waals surface area (Å²) in [5.74, 6) is -1.15. The molecule has 1 N–H and O–H groups in total. The molecule has 98 valence electrons. The Labute approximate surface area is 106 Å². The van der Waals surface area contributed by atoms with Gasteiger partial charge in [0.25, 0.3) is 0 Å². The van der Waals surface area contributed by atoms with Crippen molar-refractivity contribution in [3.8, 4) is 0 Å². The van der Waals surface area contributed by atoms with Gasteiger partial charge in [-0.1, -0.05) is 13.3 Å². The molecule has 0 spiro atoms. The standard InChI is InChI=1S/C14H18FNO2/c1-2-9-3-4-12(14(17)18)13(5-9)10-6-11(15)8-16-7-10/h6-9,12-13H,2-5H2,1H3,(H,17,18). The van der Waals surface area contributed by atoms with Gasteiger partial charge in [0.15, 0.2) is 0 Å². The van der Waals surface area contributed by atoms with Crippen LogP contribution in [0.15, 0.2) is 18.5 Å². The van der Waals surface area contributed by atoms with E-state index < -0.39 is 17.7 Å². The van der Waals surface area contributed by atoms with Crippen LogP contribution in [-0.4, -0.2) is 16.1 Å². The fourth-order valence-electron chi connectivity index (χ4n) is 2.92. The van der Waals surface area contributed by atoms with Crippen molar-refractivity contribution in [1.82, 2.24) is 4.98 Å². The monoisotopic (exact) mass is 251 g/mol. The van der Waals surface area contributed by atoms with Crippen molar-refractivity contribution in [3.63, 3.8) is 0 Å². The Hall–Kier alpha value is -1.45. The molecule has 3 unspecified atom stereocenters. The highest BCUT2D eigenvalue weighted by Crippen LogP contribution is 2.41. The summed E-state index contributed by atoms with van der Waals surface area (Å²) >= 11 is 0. The van der Waals surface area contributed by atoms with Crippen LogP contribution in [0.1, 0.15) is 44.1 Å².